The van der Waals surface area contributed by atoms with E-state index in [0.717, 1.165) is 31.5 Å². The third-order valence-corrected chi connectivity index (χ3v) is 4.63. The van der Waals surface area contributed by atoms with Crippen LogP contribution in [-0.2, 0) is 0 Å². The van der Waals surface area contributed by atoms with Crippen LogP contribution in [0, 0.1) is 5.82 Å². The second-order valence-electron chi connectivity index (χ2n) is 5.52. The first-order valence-electron chi connectivity index (χ1n) is 7.49. The zero-order chi connectivity index (χ0) is 14.6. The summed E-state index contributed by atoms with van der Waals surface area (Å²) in [5.41, 5.74) is 3.73. The van der Waals surface area contributed by atoms with Crippen molar-refractivity contribution in [2.75, 3.05) is 13.1 Å². The minimum absolute atomic E-state index is 0.0340. The number of rotatable bonds is 6. The van der Waals surface area contributed by atoms with E-state index in [-0.39, 0.29) is 17.4 Å². The second kappa shape index (κ2) is 6.61. The monoisotopic (exact) mass is 280 g/mol. The van der Waals surface area contributed by atoms with Crippen LogP contribution in [0.3, 0.4) is 0 Å². The van der Waals surface area contributed by atoms with Crippen molar-refractivity contribution in [1.29, 1.82) is 0 Å². The Morgan fingerprint density at radius 2 is 2.00 bits per heavy atom. The van der Waals surface area contributed by atoms with Crippen LogP contribution in [0.25, 0.3) is 0 Å². The van der Waals surface area contributed by atoms with E-state index in [1.165, 1.54) is 19.0 Å². The van der Waals surface area contributed by atoms with Crippen LogP contribution in [0.1, 0.15) is 51.1 Å². The fourth-order valence-electron chi connectivity index (χ4n) is 3.78. The first kappa shape index (κ1) is 15.4. The molecule has 1 aromatic heterocycles. The molecule has 1 atom stereocenters. The van der Waals surface area contributed by atoms with E-state index in [0.29, 0.717) is 0 Å². The largest absolute Gasteiger partial charge is 0.296 e. The number of nitrogens with two attached hydrogens (primary N) is 1. The van der Waals surface area contributed by atoms with Gasteiger partial charge < -0.3 is 0 Å². The topological polar surface area (TPSA) is 54.2 Å². The van der Waals surface area contributed by atoms with Gasteiger partial charge in [0.15, 0.2) is 0 Å². The Balaban J connectivity index is 2.40. The molecule has 1 aliphatic carbocycles. The molecule has 4 nitrogen and oxygen atoms in total. The number of pyridine rings is 1. The van der Waals surface area contributed by atoms with Crippen molar-refractivity contribution >= 4 is 0 Å². The summed E-state index contributed by atoms with van der Waals surface area (Å²) in [6.07, 6.45) is 7.50. The molecule has 1 saturated carbocycles. The third-order valence-electron chi connectivity index (χ3n) is 4.63. The summed E-state index contributed by atoms with van der Waals surface area (Å²) in [6, 6.07) is 1.45. The lowest BCUT2D eigenvalue weighted by Crippen LogP contribution is -2.56. The van der Waals surface area contributed by atoms with Crippen LogP contribution in [0.4, 0.5) is 4.39 Å². The van der Waals surface area contributed by atoms with Crippen molar-refractivity contribution in [1.82, 2.24) is 15.3 Å². The number of hydrogen-bond acceptors (Lipinski definition) is 4. The van der Waals surface area contributed by atoms with Crippen molar-refractivity contribution in [3.8, 4) is 0 Å². The van der Waals surface area contributed by atoms with Gasteiger partial charge in [-0.2, -0.15) is 0 Å². The summed E-state index contributed by atoms with van der Waals surface area (Å²) < 4.78 is 13.5. The Kier molecular flexibility index (Phi) is 5.07. The minimum atomic E-state index is -0.310. The molecule has 0 saturated heterocycles. The molecule has 0 amide bonds. The van der Waals surface area contributed by atoms with Gasteiger partial charge in [0.1, 0.15) is 5.82 Å². The van der Waals surface area contributed by atoms with Crippen molar-refractivity contribution in [3.05, 3.63) is 29.8 Å². The second-order valence-corrected chi connectivity index (χ2v) is 5.52. The maximum absolute atomic E-state index is 13.5. The lowest BCUT2D eigenvalue weighted by molar-refractivity contribution is 0.0624. The number of nitrogens with zero attached hydrogens (tertiary/aromatic N) is 2. The molecule has 1 heterocycles. The molecule has 2 rings (SSSR count). The van der Waals surface area contributed by atoms with Gasteiger partial charge in [0.2, 0.25) is 0 Å². The zero-order valence-corrected chi connectivity index (χ0v) is 12.4. The molecule has 0 spiro atoms. The zero-order valence-electron chi connectivity index (χ0n) is 12.4. The first-order valence-corrected chi connectivity index (χ1v) is 7.49. The maximum Gasteiger partial charge on any atom is 0.141 e. The average Bonchev–Trinajstić information content (AvgIpc) is 2.91. The molecule has 20 heavy (non-hydrogen) atoms. The first-order chi connectivity index (χ1) is 9.67. The van der Waals surface area contributed by atoms with E-state index in [2.05, 4.69) is 29.2 Å². The standard InChI is InChI=1S/C15H25FN4/c1-3-20(4-2)15(7-5-6-8-15)14(19-17)12-9-13(16)11-18-10-12/h9-11,14,19H,3-8,17H2,1-2H3. The van der Waals surface area contributed by atoms with Gasteiger partial charge in [-0.3, -0.25) is 21.2 Å². The molecule has 3 N–H and O–H groups in total. The van der Waals surface area contributed by atoms with Crippen molar-refractivity contribution in [2.45, 2.75) is 51.1 Å². The molecule has 1 aliphatic rings. The number of nitrogens with one attached hydrogen (secondary N) is 1. The summed E-state index contributed by atoms with van der Waals surface area (Å²) >= 11 is 0. The molecular formula is C15H25FN4. The van der Waals surface area contributed by atoms with Crippen LogP contribution >= 0.6 is 0 Å². The predicted octanol–water partition coefficient (Wildman–Crippen LogP) is 2.38. The lowest BCUT2D eigenvalue weighted by Gasteiger charge is -2.46. The number of aromatic nitrogens is 1. The summed E-state index contributed by atoms with van der Waals surface area (Å²) in [7, 11) is 0. The molecule has 5 heteroatoms. The van der Waals surface area contributed by atoms with Crippen molar-refractivity contribution in [3.63, 3.8) is 0 Å². The Labute approximate surface area is 120 Å². The quantitative estimate of drug-likeness (QED) is 0.620. The lowest BCUT2D eigenvalue weighted by atomic mass is 9.82. The molecule has 0 aromatic carbocycles. The predicted molar refractivity (Wildman–Crippen MR) is 78.4 cm³/mol. The van der Waals surface area contributed by atoms with Gasteiger partial charge in [0.05, 0.1) is 12.2 Å². The molecular weight excluding hydrogens is 255 g/mol. The average molecular weight is 280 g/mol. The van der Waals surface area contributed by atoms with Gasteiger partial charge in [-0.05, 0) is 37.6 Å². The van der Waals surface area contributed by atoms with Gasteiger partial charge in [-0.25, -0.2) is 4.39 Å². The van der Waals surface area contributed by atoms with E-state index < -0.39 is 0 Å². The van der Waals surface area contributed by atoms with Gasteiger partial charge in [0.25, 0.3) is 0 Å². The summed E-state index contributed by atoms with van der Waals surface area (Å²) in [6.45, 7) is 6.27. The highest BCUT2D eigenvalue weighted by molar-refractivity contribution is 5.22. The minimum Gasteiger partial charge on any atom is -0.296 e. The Morgan fingerprint density at radius 3 is 2.50 bits per heavy atom. The highest BCUT2D eigenvalue weighted by Crippen LogP contribution is 2.44. The molecule has 1 unspecified atom stereocenters. The molecule has 1 aromatic rings. The highest BCUT2D eigenvalue weighted by Gasteiger charge is 2.45. The SMILES string of the molecule is CCN(CC)C1(C(NN)c2cncc(F)c2)CCCC1. The number of hydrazine groups is 1. The molecule has 1 fully saturated rings. The summed E-state index contributed by atoms with van der Waals surface area (Å²) in [5, 5.41) is 0. The number of halogens is 1. The van der Waals surface area contributed by atoms with Crippen LogP contribution in [0.15, 0.2) is 18.5 Å². The van der Waals surface area contributed by atoms with E-state index >= 15 is 0 Å². The highest BCUT2D eigenvalue weighted by atomic mass is 19.1. The summed E-state index contributed by atoms with van der Waals surface area (Å²) in [5.74, 6) is 5.53. The molecule has 0 radical (unpaired) electrons. The normalized spacial score (nSPS) is 19.4. The third kappa shape index (κ3) is 2.71. The molecule has 0 bridgehead atoms. The Bertz CT molecular complexity index is 428. The number of hydrogen-bond donors (Lipinski definition) is 2. The Morgan fingerprint density at radius 1 is 1.35 bits per heavy atom. The van der Waals surface area contributed by atoms with Gasteiger partial charge in [-0.15, -0.1) is 0 Å². The van der Waals surface area contributed by atoms with E-state index in [9.17, 15) is 4.39 Å². The maximum atomic E-state index is 13.5. The smallest absolute Gasteiger partial charge is 0.141 e. The van der Waals surface area contributed by atoms with E-state index in [1.54, 1.807) is 12.3 Å². The van der Waals surface area contributed by atoms with Crippen LogP contribution in [0.5, 0.6) is 0 Å². The number of likely N-dealkylation sites (N-methyl/N-ethyl adjacent to an activating group) is 1. The van der Waals surface area contributed by atoms with E-state index in [1.807, 2.05) is 0 Å². The van der Waals surface area contributed by atoms with Gasteiger partial charge >= 0.3 is 0 Å². The fraction of sp³-hybridized carbons (Fsp3) is 0.667. The summed E-state index contributed by atoms with van der Waals surface area (Å²) in [4.78, 5) is 6.43. The molecule has 0 aliphatic heterocycles. The Hall–Kier alpha value is -1.04. The van der Waals surface area contributed by atoms with Gasteiger partial charge in [-0.1, -0.05) is 26.7 Å². The van der Waals surface area contributed by atoms with Crippen LogP contribution in [-0.4, -0.2) is 28.5 Å². The molecule has 112 valence electrons. The fourth-order valence-corrected chi connectivity index (χ4v) is 3.78. The van der Waals surface area contributed by atoms with Crippen LogP contribution in [0.2, 0.25) is 0 Å². The van der Waals surface area contributed by atoms with Gasteiger partial charge in [0, 0.05) is 11.7 Å². The van der Waals surface area contributed by atoms with Crippen LogP contribution < -0.4 is 11.3 Å². The van der Waals surface area contributed by atoms with Crippen molar-refractivity contribution in [2.24, 2.45) is 5.84 Å². The van der Waals surface area contributed by atoms with Crippen molar-refractivity contribution < 1.29 is 4.39 Å². The van der Waals surface area contributed by atoms with E-state index in [4.69, 9.17) is 5.84 Å².